The van der Waals surface area contributed by atoms with Gasteiger partial charge in [0.1, 0.15) is 6.10 Å². The van der Waals surface area contributed by atoms with Crippen molar-refractivity contribution >= 4 is 33.3 Å². The lowest BCUT2D eigenvalue weighted by atomic mass is 9.99. The summed E-state index contributed by atoms with van der Waals surface area (Å²) >= 11 is 0. The maximum atomic E-state index is 13.4. The molecule has 3 N–H and O–H groups in total. The molecule has 2 aliphatic heterocycles. The number of anilines is 2. The first kappa shape index (κ1) is 27.3. The van der Waals surface area contributed by atoms with E-state index in [0.29, 0.717) is 17.2 Å². The van der Waals surface area contributed by atoms with Gasteiger partial charge in [-0.1, -0.05) is 13.0 Å². The molecule has 0 radical (unpaired) electrons. The van der Waals surface area contributed by atoms with Crippen LogP contribution in [0.3, 0.4) is 0 Å². The van der Waals surface area contributed by atoms with Gasteiger partial charge in [-0.2, -0.15) is 0 Å². The normalized spacial score (nSPS) is 19.5. The number of carbonyl (C=O) groups is 2. The number of benzene rings is 2. The van der Waals surface area contributed by atoms with Crippen LogP contribution >= 0.6 is 0 Å². The van der Waals surface area contributed by atoms with Crippen molar-refractivity contribution in [3.05, 3.63) is 42.0 Å². The van der Waals surface area contributed by atoms with E-state index in [0.717, 1.165) is 6.26 Å². The fraction of sp³-hybridized carbons (Fsp3) is 0.440. The fourth-order valence-electron chi connectivity index (χ4n) is 4.29. The van der Waals surface area contributed by atoms with Gasteiger partial charge >= 0.3 is 6.03 Å². The summed E-state index contributed by atoms with van der Waals surface area (Å²) in [5.74, 6) is 0.527. The molecule has 2 heterocycles. The molecular formula is C25H32N4O8S. The minimum atomic E-state index is -3.68. The smallest absolute Gasteiger partial charge is 0.321 e. The number of carbonyl (C=O) groups excluding carboxylic acids is 2. The number of hydrogen-bond acceptors (Lipinski definition) is 8. The number of nitrogens with one attached hydrogen (secondary N) is 2. The van der Waals surface area contributed by atoms with E-state index in [9.17, 15) is 23.1 Å². The number of aliphatic hydroxyl groups excluding tert-OH is 1. The third kappa shape index (κ3) is 6.05. The maximum Gasteiger partial charge on any atom is 0.321 e. The van der Waals surface area contributed by atoms with Crippen molar-refractivity contribution in [1.29, 1.82) is 0 Å². The molecule has 0 bridgehead atoms. The van der Waals surface area contributed by atoms with Crippen molar-refractivity contribution in [2.45, 2.75) is 26.0 Å². The third-order valence-electron chi connectivity index (χ3n) is 6.41. The zero-order valence-electron chi connectivity index (χ0n) is 21.6. The number of nitrogens with zero attached hydrogens (tertiary/aromatic N) is 2. The van der Waals surface area contributed by atoms with Gasteiger partial charge in [-0.3, -0.25) is 9.52 Å². The zero-order valence-corrected chi connectivity index (χ0v) is 22.4. The Morgan fingerprint density at radius 1 is 1.24 bits per heavy atom. The Morgan fingerprint density at radius 3 is 2.68 bits per heavy atom. The monoisotopic (exact) mass is 548 g/mol. The van der Waals surface area contributed by atoms with Crippen LogP contribution < -0.4 is 24.2 Å². The van der Waals surface area contributed by atoms with E-state index in [2.05, 4.69) is 10.0 Å². The van der Waals surface area contributed by atoms with Crippen LogP contribution in [0.25, 0.3) is 0 Å². The molecule has 0 saturated heterocycles. The van der Waals surface area contributed by atoms with E-state index in [1.54, 1.807) is 44.3 Å². The largest absolute Gasteiger partial charge is 0.485 e. The topological polar surface area (TPSA) is 147 Å². The van der Waals surface area contributed by atoms with E-state index in [-0.39, 0.29) is 49.4 Å². The Labute approximate surface area is 221 Å². The van der Waals surface area contributed by atoms with Gasteiger partial charge in [-0.25, -0.2) is 13.2 Å². The van der Waals surface area contributed by atoms with E-state index in [4.69, 9.17) is 14.2 Å². The van der Waals surface area contributed by atoms with Gasteiger partial charge in [0.2, 0.25) is 16.8 Å². The number of urea groups is 1. The van der Waals surface area contributed by atoms with Crippen molar-refractivity contribution in [1.82, 2.24) is 9.80 Å². The quantitative estimate of drug-likeness (QED) is 0.477. The van der Waals surface area contributed by atoms with Gasteiger partial charge in [0, 0.05) is 31.3 Å². The van der Waals surface area contributed by atoms with Crippen LogP contribution in [-0.2, 0) is 10.0 Å². The molecule has 206 valence electrons. The van der Waals surface area contributed by atoms with Gasteiger partial charge < -0.3 is 34.4 Å². The number of para-hydroxylation sites is 1. The molecule has 0 aliphatic carbocycles. The van der Waals surface area contributed by atoms with Crippen LogP contribution in [0.15, 0.2) is 36.4 Å². The summed E-state index contributed by atoms with van der Waals surface area (Å²) in [6, 6.07) is 8.79. The first-order valence-electron chi connectivity index (χ1n) is 12.1. The molecule has 38 heavy (non-hydrogen) atoms. The number of aliphatic hydroxyl groups is 1. The standard InChI is InChI=1S/C25H32N4O8S/c1-15-11-29(16(2)13-30)24(31)18-6-5-7-19(27-38(4,33)34)23(18)37-22(15)12-28(3)25(32)26-17-8-9-20-21(10-17)36-14-35-20/h5-10,15-16,22,27,30H,11-14H2,1-4H3,(H,26,32)/t15-,16+,22+/m0/s1. The van der Waals surface area contributed by atoms with Crippen LogP contribution in [0.2, 0.25) is 0 Å². The van der Waals surface area contributed by atoms with Crippen molar-refractivity contribution < 1.29 is 37.3 Å². The van der Waals surface area contributed by atoms with Gasteiger partial charge in [-0.15, -0.1) is 0 Å². The molecule has 3 amide bonds. The van der Waals surface area contributed by atoms with Crippen molar-refractivity contribution in [3.63, 3.8) is 0 Å². The molecule has 3 atom stereocenters. The number of ether oxygens (including phenoxy) is 3. The summed E-state index contributed by atoms with van der Waals surface area (Å²) in [7, 11) is -2.07. The molecule has 12 nitrogen and oxygen atoms in total. The van der Waals surface area contributed by atoms with E-state index >= 15 is 0 Å². The summed E-state index contributed by atoms with van der Waals surface area (Å²) in [4.78, 5) is 29.4. The Kier molecular flexibility index (Phi) is 7.88. The molecule has 0 fully saturated rings. The second kappa shape index (κ2) is 11.0. The predicted octanol–water partition coefficient (Wildman–Crippen LogP) is 2.17. The summed E-state index contributed by atoms with van der Waals surface area (Å²) in [6.07, 6.45) is 0.385. The number of amides is 3. The Bertz CT molecular complexity index is 1320. The van der Waals surface area contributed by atoms with Gasteiger partial charge in [-0.05, 0) is 31.2 Å². The summed E-state index contributed by atoms with van der Waals surface area (Å²) < 4.78 is 43.4. The van der Waals surface area contributed by atoms with Crippen molar-refractivity contribution in [2.24, 2.45) is 5.92 Å². The first-order valence-corrected chi connectivity index (χ1v) is 14.0. The van der Waals surface area contributed by atoms with Gasteiger partial charge in [0.15, 0.2) is 17.2 Å². The Morgan fingerprint density at radius 2 is 1.97 bits per heavy atom. The number of likely N-dealkylation sites (N-methyl/N-ethyl adjacent to an activating group) is 1. The number of rotatable bonds is 7. The molecule has 4 rings (SSSR count). The third-order valence-corrected chi connectivity index (χ3v) is 7.00. The Hall–Kier alpha value is -3.71. The molecule has 0 aromatic heterocycles. The molecule has 2 aromatic rings. The Balaban J connectivity index is 1.61. The minimum Gasteiger partial charge on any atom is -0.485 e. The van der Waals surface area contributed by atoms with E-state index in [1.165, 1.54) is 15.9 Å². The highest BCUT2D eigenvalue weighted by Crippen LogP contribution is 2.36. The van der Waals surface area contributed by atoms with Gasteiger partial charge in [0.25, 0.3) is 5.91 Å². The highest BCUT2D eigenvalue weighted by Gasteiger charge is 2.35. The van der Waals surface area contributed by atoms with Gasteiger partial charge in [0.05, 0.1) is 36.7 Å². The highest BCUT2D eigenvalue weighted by atomic mass is 32.2. The number of sulfonamides is 1. The molecular weight excluding hydrogens is 516 g/mol. The molecule has 0 unspecified atom stereocenters. The summed E-state index contributed by atoms with van der Waals surface area (Å²) in [6.45, 7) is 3.85. The fourth-order valence-corrected chi connectivity index (χ4v) is 4.85. The average Bonchev–Trinajstić information content (AvgIpc) is 3.33. The lowest BCUT2D eigenvalue weighted by Gasteiger charge is -2.38. The van der Waals surface area contributed by atoms with Crippen LogP contribution in [0.1, 0.15) is 24.2 Å². The lowest BCUT2D eigenvalue weighted by molar-refractivity contribution is 0.0373. The minimum absolute atomic E-state index is 0.0687. The molecule has 0 spiro atoms. The maximum absolute atomic E-state index is 13.4. The second-order valence-corrected chi connectivity index (χ2v) is 11.3. The van der Waals surface area contributed by atoms with Crippen LogP contribution in [0, 0.1) is 5.92 Å². The van der Waals surface area contributed by atoms with E-state index in [1.807, 2.05) is 6.92 Å². The first-order chi connectivity index (χ1) is 18.0. The number of hydrogen-bond donors (Lipinski definition) is 3. The summed E-state index contributed by atoms with van der Waals surface area (Å²) in [5, 5.41) is 12.6. The molecule has 13 heteroatoms. The average molecular weight is 549 g/mol. The van der Waals surface area contributed by atoms with Crippen LogP contribution in [-0.4, -0.2) is 87.2 Å². The van der Waals surface area contributed by atoms with Crippen LogP contribution in [0.5, 0.6) is 17.2 Å². The molecule has 2 aliphatic rings. The van der Waals surface area contributed by atoms with Crippen LogP contribution in [0.4, 0.5) is 16.2 Å². The van der Waals surface area contributed by atoms with Crippen molar-refractivity contribution in [2.75, 3.05) is 49.8 Å². The SMILES string of the molecule is C[C@H](CO)N1C[C@H](C)[C@@H](CN(C)C(=O)Nc2ccc3c(c2)OCO3)Oc2c(NS(C)(=O)=O)cccc2C1=O. The summed E-state index contributed by atoms with van der Waals surface area (Å²) in [5.41, 5.74) is 0.793. The second-order valence-electron chi connectivity index (χ2n) is 9.56. The zero-order chi connectivity index (χ0) is 27.6. The number of fused-ring (bicyclic) bond motifs is 2. The lowest BCUT2D eigenvalue weighted by Crippen LogP contribution is -2.50. The predicted molar refractivity (Wildman–Crippen MR) is 140 cm³/mol. The van der Waals surface area contributed by atoms with E-state index < -0.39 is 34.1 Å². The van der Waals surface area contributed by atoms with Crippen molar-refractivity contribution in [3.8, 4) is 17.2 Å². The molecule has 2 aromatic carbocycles. The highest BCUT2D eigenvalue weighted by molar-refractivity contribution is 7.92. The molecule has 0 saturated carbocycles.